The van der Waals surface area contributed by atoms with E-state index in [2.05, 4.69) is 16.6 Å². The van der Waals surface area contributed by atoms with E-state index in [-0.39, 0.29) is 5.96 Å². The summed E-state index contributed by atoms with van der Waals surface area (Å²) in [7, 11) is 0. The van der Waals surface area contributed by atoms with E-state index in [1.165, 1.54) is 6.20 Å². The Balaban J connectivity index is 3.79. The van der Waals surface area contributed by atoms with Gasteiger partial charge in [-0.15, -0.1) is 0 Å². The van der Waals surface area contributed by atoms with Crippen LogP contribution in [0.25, 0.3) is 0 Å². The van der Waals surface area contributed by atoms with Gasteiger partial charge in [0.1, 0.15) is 0 Å². The molecule has 0 radical (unpaired) electrons. The Morgan fingerprint density at radius 2 is 2.25 bits per heavy atom. The van der Waals surface area contributed by atoms with Crippen molar-refractivity contribution in [2.75, 3.05) is 0 Å². The van der Waals surface area contributed by atoms with Gasteiger partial charge in [-0.05, 0) is 0 Å². The molecule has 0 aliphatic carbocycles. The molecule has 0 rings (SSSR count). The largest absolute Gasteiger partial charge is 0.390 e. The lowest BCUT2D eigenvalue weighted by Gasteiger charge is -1.82. The lowest BCUT2D eigenvalue weighted by molar-refractivity contribution is 1.43. The normalized spacial score (nSPS) is 12.2. The lowest BCUT2D eigenvalue weighted by Crippen LogP contribution is -2.09. The van der Waals surface area contributed by atoms with E-state index in [0.29, 0.717) is 0 Å². The van der Waals surface area contributed by atoms with Crippen LogP contribution >= 0.6 is 0 Å². The monoisotopic (exact) mass is 112 g/mol. The van der Waals surface area contributed by atoms with Gasteiger partial charge in [0.15, 0.2) is 0 Å². The summed E-state index contributed by atoms with van der Waals surface area (Å²) in [5, 5.41) is 0. The quantitative estimate of drug-likeness (QED) is 0.352. The maximum Gasteiger partial charge on any atom is 0.221 e. The number of hydrogen-bond donors (Lipinski definition) is 2. The number of nitrogens with two attached hydrogens (primary N) is 2. The van der Waals surface area contributed by atoms with Crippen LogP contribution in [-0.2, 0) is 0 Å². The van der Waals surface area contributed by atoms with Crippen molar-refractivity contribution in [3.63, 3.8) is 0 Å². The van der Waals surface area contributed by atoms with Gasteiger partial charge in [-0.2, -0.15) is 0 Å². The average Bonchev–Trinajstić information content (AvgIpc) is 1.68. The predicted molar refractivity (Wildman–Crippen MR) is 34.5 cm³/mol. The third kappa shape index (κ3) is 2.89. The van der Waals surface area contributed by atoms with Gasteiger partial charge in [-0.25, -0.2) is 9.98 Å². The van der Waals surface area contributed by atoms with Crippen LogP contribution in [0.3, 0.4) is 0 Å². The van der Waals surface area contributed by atoms with Gasteiger partial charge in [0, 0.05) is 6.20 Å². The van der Waals surface area contributed by atoms with E-state index in [4.69, 9.17) is 11.5 Å². The molecule has 4 N–H and O–H groups in total. The van der Waals surface area contributed by atoms with Crippen molar-refractivity contribution in [1.82, 2.24) is 0 Å². The Morgan fingerprint density at radius 1 is 1.62 bits per heavy atom. The molecule has 0 aromatic heterocycles. The SMILES string of the molecule is C=CN=C(N)N=CN. The fourth-order valence-electron chi connectivity index (χ4n) is 0.203. The first kappa shape index (κ1) is 6.68. The topological polar surface area (TPSA) is 76.8 Å². The Kier molecular flexibility index (Phi) is 3.22. The minimum absolute atomic E-state index is 0.113. The molecule has 0 saturated heterocycles. The summed E-state index contributed by atoms with van der Waals surface area (Å²) in [6.07, 6.45) is 2.37. The summed E-state index contributed by atoms with van der Waals surface area (Å²) in [4.78, 5) is 6.92. The second kappa shape index (κ2) is 3.86. The third-order valence-corrected chi connectivity index (χ3v) is 0.430. The molecule has 0 bridgehead atoms. The molecule has 0 aliphatic rings. The van der Waals surface area contributed by atoms with Crippen LogP contribution in [0, 0.1) is 0 Å². The minimum Gasteiger partial charge on any atom is -0.390 e. The summed E-state index contributed by atoms with van der Waals surface area (Å²) in [5.74, 6) is 0.113. The number of rotatable bonds is 1. The molecule has 0 aliphatic heterocycles. The van der Waals surface area contributed by atoms with Crippen molar-refractivity contribution in [3.05, 3.63) is 12.8 Å². The fraction of sp³-hybridized carbons (Fsp3) is 0. The van der Waals surface area contributed by atoms with Gasteiger partial charge < -0.3 is 11.5 Å². The highest BCUT2D eigenvalue weighted by Crippen LogP contribution is 1.69. The summed E-state index contributed by atoms with van der Waals surface area (Å²) in [5.41, 5.74) is 9.97. The molecule has 0 spiro atoms. The fourth-order valence-corrected chi connectivity index (χ4v) is 0.203. The van der Waals surface area contributed by atoms with Gasteiger partial charge in [-0.3, -0.25) is 0 Å². The molecular weight excluding hydrogens is 104 g/mol. The van der Waals surface area contributed by atoms with Crippen LogP contribution < -0.4 is 11.5 Å². The van der Waals surface area contributed by atoms with Crippen molar-refractivity contribution in [2.24, 2.45) is 21.5 Å². The molecule has 4 nitrogen and oxygen atoms in total. The van der Waals surface area contributed by atoms with Crippen LogP contribution in [0.5, 0.6) is 0 Å². The highest BCUT2D eigenvalue weighted by Gasteiger charge is 1.75. The van der Waals surface area contributed by atoms with Crippen LogP contribution in [0.1, 0.15) is 0 Å². The Morgan fingerprint density at radius 3 is 2.62 bits per heavy atom. The molecule has 0 atom stereocenters. The Hall–Kier alpha value is -1.32. The van der Waals surface area contributed by atoms with Crippen LogP contribution in [0.15, 0.2) is 22.8 Å². The first-order valence-electron chi connectivity index (χ1n) is 1.99. The van der Waals surface area contributed by atoms with Gasteiger partial charge in [0.05, 0.1) is 6.34 Å². The Bertz CT molecular complexity index is 124. The summed E-state index contributed by atoms with van der Waals surface area (Å²) in [6, 6.07) is 0. The Labute approximate surface area is 47.6 Å². The predicted octanol–water partition coefficient (Wildman–Crippen LogP) is -0.568. The molecule has 0 fully saturated rings. The van der Waals surface area contributed by atoms with E-state index in [0.717, 1.165) is 6.34 Å². The molecule has 0 heterocycles. The zero-order chi connectivity index (χ0) is 6.41. The summed E-state index contributed by atoms with van der Waals surface area (Å²) >= 11 is 0. The van der Waals surface area contributed by atoms with Crippen LogP contribution in [-0.4, -0.2) is 12.3 Å². The summed E-state index contributed by atoms with van der Waals surface area (Å²) < 4.78 is 0. The van der Waals surface area contributed by atoms with E-state index in [9.17, 15) is 0 Å². The average molecular weight is 112 g/mol. The molecule has 44 valence electrons. The van der Waals surface area contributed by atoms with Gasteiger partial charge in [0.2, 0.25) is 5.96 Å². The number of guanidine groups is 1. The molecular formula is C4H8N4. The zero-order valence-corrected chi connectivity index (χ0v) is 4.41. The van der Waals surface area contributed by atoms with Crippen LogP contribution in [0.4, 0.5) is 0 Å². The van der Waals surface area contributed by atoms with Gasteiger partial charge >= 0.3 is 0 Å². The maximum absolute atomic E-state index is 5.10. The summed E-state index contributed by atoms with van der Waals surface area (Å²) in [6.45, 7) is 3.30. The van der Waals surface area contributed by atoms with Crippen LogP contribution in [0.2, 0.25) is 0 Å². The smallest absolute Gasteiger partial charge is 0.221 e. The number of hydrogen-bond acceptors (Lipinski definition) is 1. The second-order valence-corrected chi connectivity index (χ2v) is 0.948. The molecule has 4 heteroatoms. The molecule has 0 unspecified atom stereocenters. The molecule has 0 amide bonds. The molecule has 0 aromatic carbocycles. The first-order chi connectivity index (χ1) is 3.81. The zero-order valence-electron chi connectivity index (χ0n) is 4.41. The number of aliphatic imine (C=N–C) groups is 2. The van der Waals surface area contributed by atoms with Crippen molar-refractivity contribution in [3.8, 4) is 0 Å². The third-order valence-electron chi connectivity index (χ3n) is 0.430. The number of nitrogens with zero attached hydrogens (tertiary/aromatic N) is 2. The standard InChI is InChI=1S/C4H8N4/c1-2-7-4(6)8-3-5/h2-3H,1H2,(H4,5,6,7,8). The first-order valence-corrected chi connectivity index (χ1v) is 1.99. The van der Waals surface area contributed by atoms with Crippen molar-refractivity contribution >= 4 is 12.3 Å². The molecule has 8 heavy (non-hydrogen) atoms. The highest BCUT2D eigenvalue weighted by molar-refractivity contribution is 5.85. The molecule has 0 aromatic rings. The highest BCUT2D eigenvalue weighted by atomic mass is 15.0. The molecule has 0 saturated carbocycles. The van der Waals surface area contributed by atoms with E-state index < -0.39 is 0 Å². The van der Waals surface area contributed by atoms with E-state index in [1.54, 1.807) is 0 Å². The van der Waals surface area contributed by atoms with E-state index in [1.807, 2.05) is 0 Å². The minimum atomic E-state index is 0.113. The van der Waals surface area contributed by atoms with Crippen molar-refractivity contribution in [2.45, 2.75) is 0 Å². The maximum atomic E-state index is 5.10. The lowest BCUT2D eigenvalue weighted by atomic mass is 10.9. The van der Waals surface area contributed by atoms with Gasteiger partial charge in [0.25, 0.3) is 0 Å². The van der Waals surface area contributed by atoms with Crippen molar-refractivity contribution in [1.29, 1.82) is 0 Å². The van der Waals surface area contributed by atoms with E-state index >= 15 is 0 Å². The van der Waals surface area contributed by atoms with Gasteiger partial charge in [-0.1, -0.05) is 6.58 Å². The van der Waals surface area contributed by atoms with Crippen molar-refractivity contribution < 1.29 is 0 Å². The second-order valence-electron chi connectivity index (χ2n) is 0.948.